The molecule has 1 aliphatic heterocycles. The van der Waals surface area contributed by atoms with Crippen molar-refractivity contribution in [3.8, 4) is 5.75 Å². The number of Topliss-reactive ketones (excluding diaryl/α,β-unsaturated/α-hetero) is 1. The average molecular weight is 601 g/mol. The second-order valence-corrected chi connectivity index (χ2v) is 11.1. The molecule has 0 aromatic heterocycles. The average Bonchev–Trinajstić information content (AvgIpc) is 2.95. The highest BCUT2D eigenvalue weighted by Gasteiger charge is 2.41. The molecule has 0 saturated carbocycles. The Morgan fingerprint density at radius 1 is 1.00 bits per heavy atom. The summed E-state index contributed by atoms with van der Waals surface area (Å²) in [5.41, 5.74) is -0.162. The predicted octanol–water partition coefficient (Wildman–Crippen LogP) is 5.22. The number of ketones is 1. The number of hydrogen-bond donors (Lipinski definition) is 3. The second kappa shape index (κ2) is 14.0. The molecule has 11 heteroatoms. The van der Waals surface area contributed by atoms with Crippen molar-refractivity contribution >= 4 is 28.4 Å². The summed E-state index contributed by atoms with van der Waals surface area (Å²) in [6, 6.07) is 12.0. The number of rotatable bonds is 13. The van der Waals surface area contributed by atoms with Crippen LogP contribution in [0.1, 0.15) is 51.5 Å². The molecule has 0 radical (unpaired) electrons. The molecule has 1 heterocycles. The van der Waals surface area contributed by atoms with Crippen LogP contribution in [0.3, 0.4) is 0 Å². The van der Waals surface area contributed by atoms with E-state index in [2.05, 4.69) is 10.6 Å². The molecule has 3 atom stereocenters. The van der Waals surface area contributed by atoms with Gasteiger partial charge in [0.15, 0.2) is 23.2 Å². The van der Waals surface area contributed by atoms with E-state index in [1.165, 1.54) is 0 Å². The number of aliphatic carboxylic acids is 1. The molecule has 8 nitrogen and oxygen atoms in total. The molecule has 3 N–H and O–H groups in total. The maximum Gasteiger partial charge on any atom is 0.305 e. The normalized spacial score (nSPS) is 18.3. The summed E-state index contributed by atoms with van der Waals surface area (Å²) in [7, 11) is 0. The van der Waals surface area contributed by atoms with Crippen molar-refractivity contribution in [2.45, 2.75) is 63.8 Å². The van der Waals surface area contributed by atoms with E-state index >= 15 is 0 Å². The van der Waals surface area contributed by atoms with E-state index in [0.29, 0.717) is 31.6 Å². The third kappa shape index (κ3) is 7.91. The zero-order valence-electron chi connectivity index (χ0n) is 24.0. The molecule has 43 heavy (non-hydrogen) atoms. The van der Waals surface area contributed by atoms with Gasteiger partial charge in [0.1, 0.15) is 24.2 Å². The van der Waals surface area contributed by atoms with Gasteiger partial charge in [0, 0.05) is 24.3 Å². The lowest BCUT2D eigenvalue weighted by Gasteiger charge is -2.42. The van der Waals surface area contributed by atoms with E-state index in [4.69, 9.17) is 9.47 Å². The second-order valence-electron chi connectivity index (χ2n) is 11.1. The van der Waals surface area contributed by atoms with E-state index in [1.54, 1.807) is 0 Å². The smallest absolute Gasteiger partial charge is 0.305 e. The number of carboxylic acids is 1. The van der Waals surface area contributed by atoms with Crippen molar-refractivity contribution < 1.29 is 42.1 Å². The number of carbonyl (C=O) groups is 3. The number of amides is 1. The fraction of sp³-hybridized carbons (Fsp3) is 0.406. The van der Waals surface area contributed by atoms with Crippen LogP contribution in [0, 0.1) is 23.4 Å². The first-order chi connectivity index (χ1) is 20.5. The van der Waals surface area contributed by atoms with Crippen molar-refractivity contribution in [2.24, 2.45) is 5.92 Å². The van der Waals surface area contributed by atoms with Crippen LogP contribution in [0.2, 0.25) is 0 Å². The summed E-state index contributed by atoms with van der Waals surface area (Å²) in [6.45, 7) is 3.35. The summed E-state index contributed by atoms with van der Waals surface area (Å²) in [5.74, 6) is -7.81. The summed E-state index contributed by atoms with van der Waals surface area (Å²) in [5, 5.41) is 17.3. The third-order valence-electron chi connectivity index (χ3n) is 7.33. The molecule has 0 spiro atoms. The van der Waals surface area contributed by atoms with Gasteiger partial charge in [-0.25, -0.2) is 13.2 Å². The van der Waals surface area contributed by atoms with Crippen molar-refractivity contribution in [1.29, 1.82) is 0 Å². The molecule has 0 aliphatic carbocycles. The molecule has 4 rings (SSSR count). The number of ether oxygens (including phenoxy) is 2. The van der Waals surface area contributed by atoms with E-state index in [0.717, 1.165) is 29.2 Å². The molecule has 230 valence electrons. The highest BCUT2D eigenvalue weighted by atomic mass is 19.1. The van der Waals surface area contributed by atoms with Crippen LogP contribution in [0.5, 0.6) is 5.75 Å². The third-order valence-corrected chi connectivity index (χ3v) is 7.33. The Labute approximate surface area is 247 Å². The van der Waals surface area contributed by atoms with Crippen LogP contribution in [0.25, 0.3) is 10.8 Å². The summed E-state index contributed by atoms with van der Waals surface area (Å²) in [4.78, 5) is 38.3. The number of hydrogen-bond acceptors (Lipinski definition) is 6. The van der Waals surface area contributed by atoms with Crippen LogP contribution in [-0.4, -0.2) is 48.1 Å². The first-order valence-corrected chi connectivity index (χ1v) is 14.2. The van der Waals surface area contributed by atoms with Gasteiger partial charge in [-0.05, 0) is 42.4 Å². The van der Waals surface area contributed by atoms with Crippen LogP contribution >= 0.6 is 0 Å². The maximum atomic E-state index is 14.0. The fourth-order valence-electron chi connectivity index (χ4n) is 5.36. The Hall–Kier alpha value is -3.96. The summed E-state index contributed by atoms with van der Waals surface area (Å²) >= 11 is 0. The van der Waals surface area contributed by atoms with Gasteiger partial charge >= 0.3 is 5.97 Å². The van der Waals surface area contributed by atoms with Crippen molar-refractivity contribution in [2.75, 3.05) is 13.2 Å². The van der Waals surface area contributed by atoms with Crippen LogP contribution in [0.4, 0.5) is 13.2 Å². The lowest BCUT2D eigenvalue weighted by molar-refractivity contribution is -0.142. The SMILES string of the molecule is CC(C)C[C@H](NC1(c2cccc3ccccc23)CCCCO1)C(=O)N[C@@H](CC(=O)O)C(=O)COc1c(F)cc(F)cc1F. The number of carbonyl (C=O) groups excluding carboxylic acids is 2. The number of nitrogens with one attached hydrogen (secondary N) is 2. The fourth-order valence-corrected chi connectivity index (χ4v) is 5.36. The van der Waals surface area contributed by atoms with Gasteiger partial charge in [-0.3, -0.25) is 19.7 Å². The molecule has 1 saturated heterocycles. The summed E-state index contributed by atoms with van der Waals surface area (Å²) < 4.78 is 52.6. The predicted molar refractivity (Wildman–Crippen MR) is 153 cm³/mol. The van der Waals surface area contributed by atoms with Gasteiger partial charge in [-0.2, -0.15) is 0 Å². The minimum atomic E-state index is -1.56. The molecular weight excluding hydrogens is 565 g/mol. The molecule has 1 unspecified atom stereocenters. The highest BCUT2D eigenvalue weighted by molar-refractivity contribution is 5.94. The number of carboxylic acid groups (broad SMARTS) is 1. The van der Waals surface area contributed by atoms with Crippen LogP contribution < -0.4 is 15.4 Å². The van der Waals surface area contributed by atoms with Crippen LogP contribution in [-0.2, 0) is 24.8 Å². The minimum Gasteiger partial charge on any atom is -0.481 e. The van der Waals surface area contributed by atoms with Crippen molar-refractivity contribution in [3.63, 3.8) is 0 Å². The van der Waals surface area contributed by atoms with Crippen molar-refractivity contribution in [3.05, 3.63) is 77.6 Å². The highest BCUT2D eigenvalue weighted by Crippen LogP contribution is 2.37. The molecule has 1 aliphatic rings. The Bertz CT molecular complexity index is 1450. The van der Waals surface area contributed by atoms with E-state index in [9.17, 15) is 32.7 Å². The minimum absolute atomic E-state index is 0.0257. The zero-order chi connectivity index (χ0) is 31.1. The number of benzene rings is 3. The zero-order valence-corrected chi connectivity index (χ0v) is 24.0. The Morgan fingerprint density at radius 3 is 2.35 bits per heavy atom. The molecule has 3 aromatic rings. The van der Waals surface area contributed by atoms with Gasteiger partial charge in [-0.15, -0.1) is 0 Å². The Kier molecular flexibility index (Phi) is 10.4. The maximum absolute atomic E-state index is 14.0. The molecule has 1 amide bonds. The van der Waals surface area contributed by atoms with Gasteiger partial charge < -0.3 is 19.9 Å². The lowest BCUT2D eigenvalue weighted by Crippen LogP contribution is -2.58. The van der Waals surface area contributed by atoms with E-state index in [1.807, 2.05) is 56.3 Å². The monoisotopic (exact) mass is 600 g/mol. The van der Waals surface area contributed by atoms with E-state index < -0.39 is 71.7 Å². The van der Waals surface area contributed by atoms with Crippen LogP contribution in [0.15, 0.2) is 54.6 Å². The van der Waals surface area contributed by atoms with Crippen molar-refractivity contribution in [1.82, 2.24) is 10.6 Å². The Morgan fingerprint density at radius 2 is 1.70 bits per heavy atom. The van der Waals surface area contributed by atoms with Gasteiger partial charge in [0.05, 0.1) is 12.5 Å². The molecule has 0 bridgehead atoms. The topological polar surface area (TPSA) is 114 Å². The lowest BCUT2D eigenvalue weighted by atomic mass is 9.88. The standard InChI is InChI=1S/C32H35F3N2O6/c1-19(2)14-27(37-32(12-5-6-13-43-32)23-11-7-9-20-8-3-4-10-22(20)23)31(41)36-26(17-29(39)40)28(38)18-42-30-24(34)15-21(33)16-25(30)35/h3-4,7-11,15-16,19,26-27,37H,5-6,12-14,17-18H2,1-2H3,(H,36,41)(H,39,40)/t26-,27-,32?/m0/s1. The van der Waals surface area contributed by atoms with Gasteiger partial charge in [0.2, 0.25) is 5.91 Å². The summed E-state index contributed by atoms with van der Waals surface area (Å²) in [6.07, 6.45) is 1.79. The largest absolute Gasteiger partial charge is 0.481 e. The molecular formula is C32H35F3N2O6. The molecule has 1 fully saturated rings. The first-order valence-electron chi connectivity index (χ1n) is 14.2. The molecule has 3 aromatic carbocycles. The quantitative estimate of drug-likeness (QED) is 0.247. The first kappa shape index (κ1) is 32.0. The number of halogens is 3. The van der Waals surface area contributed by atoms with Gasteiger partial charge in [0.25, 0.3) is 0 Å². The Balaban J connectivity index is 1.58. The van der Waals surface area contributed by atoms with E-state index in [-0.39, 0.29) is 5.92 Å². The van der Waals surface area contributed by atoms with Gasteiger partial charge in [-0.1, -0.05) is 56.3 Å². The number of fused-ring (bicyclic) bond motifs is 1.